The molecular formula is C18H18FNO3. The number of carbonyl (C=O) groups is 1. The highest BCUT2D eigenvalue weighted by atomic mass is 19.1. The number of rotatable bonds is 5. The summed E-state index contributed by atoms with van der Waals surface area (Å²) in [5.41, 5.74) is 0.194. The Kier molecular flexibility index (Phi) is 4.05. The van der Waals surface area contributed by atoms with Crippen molar-refractivity contribution in [3.05, 3.63) is 65.5 Å². The van der Waals surface area contributed by atoms with Crippen LogP contribution in [0.5, 0.6) is 5.75 Å². The molecular weight excluding hydrogens is 297 g/mol. The molecule has 2 aromatic carbocycles. The SMILES string of the molecule is COc1cccc(C(O)C(=O)NC2(c3ccccc3F)CC2)c1. The Morgan fingerprint density at radius 3 is 2.65 bits per heavy atom. The van der Waals surface area contributed by atoms with Gasteiger partial charge in [-0.2, -0.15) is 0 Å². The van der Waals surface area contributed by atoms with Gasteiger partial charge < -0.3 is 15.2 Å². The molecule has 1 amide bonds. The number of halogens is 1. The van der Waals surface area contributed by atoms with Crippen LogP contribution in [0.2, 0.25) is 0 Å². The number of hydrogen-bond donors (Lipinski definition) is 2. The maximum atomic E-state index is 14.0. The summed E-state index contributed by atoms with van der Waals surface area (Å²) in [7, 11) is 1.52. The molecule has 0 radical (unpaired) electrons. The molecule has 0 bridgehead atoms. The van der Waals surface area contributed by atoms with E-state index >= 15 is 0 Å². The van der Waals surface area contributed by atoms with Crippen LogP contribution in [0.25, 0.3) is 0 Å². The topological polar surface area (TPSA) is 58.6 Å². The first-order chi connectivity index (χ1) is 11.1. The number of ether oxygens (including phenoxy) is 1. The molecule has 1 aliphatic carbocycles. The molecule has 0 aromatic heterocycles. The average Bonchev–Trinajstić information content (AvgIpc) is 3.35. The Labute approximate surface area is 133 Å². The highest BCUT2D eigenvalue weighted by Crippen LogP contribution is 2.46. The van der Waals surface area contributed by atoms with Gasteiger partial charge in [-0.3, -0.25) is 4.79 Å². The lowest BCUT2D eigenvalue weighted by Gasteiger charge is -2.21. The van der Waals surface area contributed by atoms with E-state index in [2.05, 4.69) is 5.32 Å². The first-order valence-electron chi connectivity index (χ1n) is 7.45. The number of benzene rings is 2. The van der Waals surface area contributed by atoms with Gasteiger partial charge in [0.2, 0.25) is 0 Å². The lowest BCUT2D eigenvalue weighted by Crippen LogP contribution is -2.38. The van der Waals surface area contributed by atoms with Gasteiger partial charge in [-0.25, -0.2) is 4.39 Å². The minimum atomic E-state index is -1.32. The Balaban J connectivity index is 1.77. The zero-order chi connectivity index (χ0) is 16.4. The summed E-state index contributed by atoms with van der Waals surface area (Å²) in [6.07, 6.45) is -0.0102. The van der Waals surface area contributed by atoms with E-state index < -0.39 is 17.6 Å². The predicted molar refractivity (Wildman–Crippen MR) is 83.4 cm³/mol. The molecule has 1 atom stereocenters. The Morgan fingerprint density at radius 1 is 1.26 bits per heavy atom. The van der Waals surface area contributed by atoms with Gasteiger partial charge in [-0.1, -0.05) is 30.3 Å². The van der Waals surface area contributed by atoms with E-state index in [1.54, 1.807) is 42.5 Å². The van der Waals surface area contributed by atoms with E-state index in [1.807, 2.05) is 0 Å². The molecule has 0 aliphatic heterocycles. The van der Waals surface area contributed by atoms with Crippen LogP contribution in [0, 0.1) is 5.82 Å². The van der Waals surface area contributed by atoms with Gasteiger partial charge in [-0.15, -0.1) is 0 Å². The highest BCUT2D eigenvalue weighted by Gasteiger charge is 2.48. The smallest absolute Gasteiger partial charge is 0.254 e. The standard InChI is InChI=1S/C18H18FNO3/c1-23-13-6-4-5-12(11-13)16(21)17(22)20-18(9-10-18)14-7-2-3-8-15(14)19/h2-8,11,16,21H,9-10H2,1H3,(H,20,22). The summed E-state index contributed by atoms with van der Waals surface area (Å²) < 4.78 is 19.1. The van der Waals surface area contributed by atoms with Crippen molar-refractivity contribution in [2.75, 3.05) is 7.11 Å². The summed E-state index contributed by atoms with van der Waals surface area (Å²) in [5.74, 6) is -0.329. The van der Waals surface area contributed by atoms with Crippen molar-refractivity contribution in [1.82, 2.24) is 5.32 Å². The fourth-order valence-electron chi connectivity index (χ4n) is 2.70. The second-order valence-electron chi connectivity index (χ2n) is 5.73. The second-order valence-corrected chi connectivity index (χ2v) is 5.73. The molecule has 0 heterocycles. The summed E-state index contributed by atoms with van der Waals surface area (Å²) >= 11 is 0. The molecule has 23 heavy (non-hydrogen) atoms. The maximum Gasteiger partial charge on any atom is 0.254 e. The van der Waals surface area contributed by atoms with E-state index in [0.717, 1.165) is 0 Å². The molecule has 2 N–H and O–H groups in total. The maximum absolute atomic E-state index is 14.0. The Morgan fingerprint density at radius 2 is 2.00 bits per heavy atom. The van der Waals surface area contributed by atoms with Crippen molar-refractivity contribution < 1.29 is 19.0 Å². The minimum absolute atomic E-state index is 0.346. The van der Waals surface area contributed by atoms with E-state index in [9.17, 15) is 14.3 Å². The van der Waals surface area contributed by atoms with E-state index in [1.165, 1.54) is 13.2 Å². The van der Waals surface area contributed by atoms with E-state index in [0.29, 0.717) is 29.7 Å². The quantitative estimate of drug-likeness (QED) is 0.892. The first kappa shape index (κ1) is 15.5. The molecule has 5 heteroatoms. The average molecular weight is 315 g/mol. The van der Waals surface area contributed by atoms with Crippen molar-refractivity contribution >= 4 is 5.91 Å². The van der Waals surface area contributed by atoms with Crippen LogP contribution in [0.15, 0.2) is 48.5 Å². The molecule has 1 aliphatic rings. The van der Waals surface area contributed by atoms with Crippen LogP contribution in [0.4, 0.5) is 4.39 Å². The van der Waals surface area contributed by atoms with Crippen molar-refractivity contribution in [3.8, 4) is 5.75 Å². The van der Waals surface area contributed by atoms with Gasteiger partial charge in [0.05, 0.1) is 12.6 Å². The fraction of sp³-hybridized carbons (Fsp3) is 0.278. The van der Waals surface area contributed by atoms with Gasteiger partial charge in [-0.05, 0) is 36.6 Å². The second kappa shape index (κ2) is 6.01. The third-order valence-electron chi connectivity index (χ3n) is 4.16. The van der Waals surface area contributed by atoms with Crippen molar-refractivity contribution in [2.45, 2.75) is 24.5 Å². The zero-order valence-electron chi connectivity index (χ0n) is 12.8. The molecule has 0 spiro atoms. The van der Waals surface area contributed by atoms with Crippen LogP contribution in [0.3, 0.4) is 0 Å². The van der Waals surface area contributed by atoms with Gasteiger partial charge in [0.1, 0.15) is 11.6 Å². The highest BCUT2D eigenvalue weighted by molar-refractivity contribution is 5.83. The lowest BCUT2D eigenvalue weighted by molar-refractivity contribution is -0.130. The van der Waals surface area contributed by atoms with Gasteiger partial charge in [0.25, 0.3) is 5.91 Å². The number of methoxy groups -OCH3 is 1. The first-order valence-corrected chi connectivity index (χ1v) is 7.45. The molecule has 2 aromatic rings. The van der Waals surface area contributed by atoms with Gasteiger partial charge >= 0.3 is 0 Å². The number of aliphatic hydroxyl groups excluding tert-OH is 1. The summed E-state index contributed by atoms with van der Waals surface area (Å²) in [4.78, 5) is 12.4. The normalized spacial score (nSPS) is 16.5. The van der Waals surface area contributed by atoms with Crippen LogP contribution in [-0.4, -0.2) is 18.1 Å². The van der Waals surface area contributed by atoms with Crippen LogP contribution in [-0.2, 0) is 10.3 Å². The number of hydrogen-bond acceptors (Lipinski definition) is 3. The largest absolute Gasteiger partial charge is 0.497 e. The summed E-state index contributed by atoms with van der Waals surface area (Å²) in [5, 5.41) is 13.0. The van der Waals surface area contributed by atoms with Crippen molar-refractivity contribution in [1.29, 1.82) is 0 Å². The van der Waals surface area contributed by atoms with E-state index in [-0.39, 0.29) is 5.82 Å². The Bertz CT molecular complexity index is 728. The summed E-state index contributed by atoms with van der Waals surface area (Å²) in [6.45, 7) is 0. The third-order valence-corrected chi connectivity index (χ3v) is 4.16. The van der Waals surface area contributed by atoms with Gasteiger partial charge in [0, 0.05) is 5.56 Å². The molecule has 1 unspecified atom stereocenters. The van der Waals surface area contributed by atoms with Crippen LogP contribution in [0.1, 0.15) is 30.1 Å². The number of amides is 1. The molecule has 1 fully saturated rings. The summed E-state index contributed by atoms with van der Waals surface area (Å²) in [6, 6.07) is 13.1. The van der Waals surface area contributed by atoms with Crippen molar-refractivity contribution in [2.24, 2.45) is 0 Å². The zero-order valence-corrected chi connectivity index (χ0v) is 12.8. The minimum Gasteiger partial charge on any atom is -0.497 e. The lowest BCUT2D eigenvalue weighted by atomic mass is 10.0. The molecule has 120 valence electrons. The predicted octanol–water partition coefficient (Wildman–Crippen LogP) is 2.67. The number of carbonyl (C=O) groups excluding carboxylic acids is 1. The number of nitrogens with one attached hydrogen (secondary N) is 1. The fourth-order valence-corrected chi connectivity index (χ4v) is 2.70. The molecule has 3 rings (SSSR count). The Hall–Kier alpha value is -2.40. The van der Waals surface area contributed by atoms with Crippen molar-refractivity contribution in [3.63, 3.8) is 0 Å². The van der Waals surface area contributed by atoms with Crippen LogP contribution < -0.4 is 10.1 Å². The number of aliphatic hydroxyl groups is 1. The molecule has 0 saturated heterocycles. The molecule has 4 nitrogen and oxygen atoms in total. The van der Waals surface area contributed by atoms with Gasteiger partial charge in [0.15, 0.2) is 6.10 Å². The monoisotopic (exact) mass is 315 g/mol. The van der Waals surface area contributed by atoms with Crippen LogP contribution >= 0.6 is 0 Å². The third kappa shape index (κ3) is 3.05. The molecule has 1 saturated carbocycles. The van der Waals surface area contributed by atoms with E-state index in [4.69, 9.17) is 4.74 Å².